The molecule has 4 aliphatic rings. The molecule has 0 amide bonds. The van der Waals surface area contributed by atoms with Gasteiger partial charge in [-0.15, -0.1) is 6.42 Å². The summed E-state index contributed by atoms with van der Waals surface area (Å²) < 4.78 is 0. The molecule has 3 fully saturated rings. The zero-order chi connectivity index (χ0) is 18.2. The molecule has 0 aromatic rings. The van der Waals surface area contributed by atoms with Crippen LogP contribution in [0.5, 0.6) is 0 Å². The molecular formula is C22H28O3. The summed E-state index contributed by atoms with van der Waals surface area (Å²) in [6.45, 7) is 8.35. The molecule has 3 saturated carbocycles. The number of aliphatic hydroxyl groups excluding tert-OH is 1. The van der Waals surface area contributed by atoms with Gasteiger partial charge in [0, 0.05) is 11.8 Å². The number of terminal acetylenes is 1. The SMILES string of the molecule is C#C[C@]1(O)C(=C)C[C@H]2C3CCC4=CC(=O)CC[C@]4(C)[C@H]3[C@@H](O)C[C@@]21C. The van der Waals surface area contributed by atoms with Gasteiger partial charge in [-0.2, -0.15) is 0 Å². The van der Waals surface area contributed by atoms with Gasteiger partial charge < -0.3 is 10.2 Å². The predicted octanol–water partition coefficient (Wildman–Crippen LogP) is 3.02. The molecule has 0 spiro atoms. The maximum absolute atomic E-state index is 11.9. The van der Waals surface area contributed by atoms with Crippen molar-refractivity contribution in [1.29, 1.82) is 0 Å². The van der Waals surface area contributed by atoms with Crippen molar-refractivity contribution in [2.75, 3.05) is 0 Å². The van der Waals surface area contributed by atoms with E-state index in [0.717, 1.165) is 31.3 Å². The van der Waals surface area contributed by atoms with Gasteiger partial charge in [-0.05, 0) is 66.9 Å². The third-order valence-electron chi connectivity index (χ3n) is 8.30. The molecule has 25 heavy (non-hydrogen) atoms. The van der Waals surface area contributed by atoms with Crippen LogP contribution >= 0.6 is 0 Å². The predicted molar refractivity (Wildman–Crippen MR) is 96.4 cm³/mol. The van der Waals surface area contributed by atoms with Gasteiger partial charge in [-0.1, -0.05) is 31.9 Å². The molecule has 7 atom stereocenters. The molecule has 0 aromatic carbocycles. The highest BCUT2D eigenvalue weighted by molar-refractivity contribution is 5.91. The average Bonchev–Trinajstić information content (AvgIpc) is 2.76. The van der Waals surface area contributed by atoms with Crippen LogP contribution in [0.4, 0.5) is 0 Å². The molecule has 1 unspecified atom stereocenters. The fourth-order valence-corrected chi connectivity index (χ4v) is 6.91. The summed E-state index contributed by atoms with van der Waals surface area (Å²) in [7, 11) is 0. The smallest absolute Gasteiger partial charge is 0.155 e. The first-order chi connectivity index (χ1) is 11.7. The van der Waals surface area contributed by atoms with E-state index in [2.05, 4.69) is 19.4 Å². The van der Waals surface area contributed by atoms with Crippen LogP contribution in [0.3, 0.4) is 0 Å². The second kappa shape index (κ2) is 5.09. The summed E-state index contributed by atoms with van der Waals surface area (Å²) in [4.78, 5) is 11.9. The zero-order valence-corrected chi connectivity index (χ0v) is 15.2. The van der Waals surface area contributed by atoms with Crippen molar-refractivity contribution in [2.24, 2.45) is 28.6 Å². The minimum Gasteiger partial charge on any atom is -0.393 e. The Bertz CT molecular complexity index is 728. The van der Waals surface area contributed by atoms with Crippen LogP contribution in [0.15, 0.2) is 23.8 Å². The largest absolute Gasteiger partial charge is 0.393 e. The molecule has 4 rings (SSSR count). The Hall–Kier alpha value is -1.37. The van der Waals surface area contributed by atoms with Gasteiger partial charge in [0.25, 0.3) is 0 Å². The summed E-state index contributed by atoms with van der Waals surface area (Å²) in [6.07, 6.45) is 11.5. The third kappa shape index (κ3) is 1.93. The standard InChI is InChI=1S/C22H28O3/c1-5-22(25)13(2)10-17-16-7-6-14-11-15(23)8-9-20(14,3)19(16)18(24)12-21(17,22)4/h1,11,16-19,24-25H,2,6-10,12H2,3-4H3/t16?,17-,18-,19+,20-,21-,22-/m0/s1. The number of allylic oxidation sites excluding steroid dienone is 1. The molecular weight excluding hydrogens is 312 g/mol. The van der Waals surface area contributed by atoms with E-state index in [9.17, 15) is 15.0 Å². The first kappa shape index (κ1) is 17.1. The summed E-state index contributed by atoms with van der Waals surface area (Å²) in [5, 5.41) is 22.3. The van der Waals surface area contributed by atoms with Crippen LogP contribution in [0.25, 0.3) is 0 Å². The maximum atomic E-state index is 11.9. The van der Waals surface area contributed by atoms with Gasteiger partial charge in [0.05, 0.1) is 6.10 Å². The van der Waals surface area contributed by atoms with Crippen molar-refractivity contribution in [3.8, 4) is 12.3 Å². The van der Waals surface area contributed by atoms with E-state index in [0.29, 0.717) is 18.8 Å². The number of hydrogen-bond acceptors (Lipinski definition) is 3. The molecule has 3 nitrogen and oxygen atoms in total. The minimum atomic E-state index is -1.33. The van der Waals surface area contributed by atoms with Crippen LogP contribution in [0.1, 0.15) is 52.4 Å². The molecule has 2 N–H and O–H groups in total. The molecule has 3 heteroatoms. The number of carbonyl (C=O) groups excluding carboxylic acids is 1. The Morgan fingerprint density at radius 1 is 1.36 bits per heavy atom. The summed E-state index contributed by atoms with van der Waals surface area (Å²) in [5.41, 5.74) is -0.0298. The molecule has 4 aliphatic carbocycles. The van der Waals surface area contributed by atoms with Crippen molar-refractivity contribution in [3.05, 3.63) is 23.8 Å². The summed E-state index contributed by atoms with van der Waals surface area (Å²) in [5.74, 6) is 3.51. The highest BCUT2D eigenvalue weighted by atomic mass is 16.3. The van der Waals surface area contributed by atoms with Gasteiger partial charge in [0.2, 0.25) is 0 Å². The quantitative estimate of drug-likeness (QED) is 0.526. The minimum absolute atomic E-state index is 0.115. The Labute approximate surface area is 150 Å². The van der Waals surface area contributed by atoms with Crippen molar-refractivity contribution in [3.63, 3.8) is 0 Å². The lowest BCUT2D eigenvalue weighted by atomic mass is 9.45. The second-order valence-electron chi connectivity index (χ2n) is 9.24. The molecule has 0 heterocycles. The number of carbonyl (C=O) groups is 1. The van der Waals surface area contributed by atoms with E-state index in [1.165, 1.54) is 5.57 Å². The average molecular weight is 340 g/mol. The number of hydrogen-bond donors (Lipinski definition) is 2. The molecule has 0 radical (unpaired) electrons. The first-order valence-electron chi connectivity index (χ1n) is 9.48. The molecule has 0 saturated heterocycles. The number of aliphatic hydroxyl groups is 2. The number of ketones is 1. The van der Waals surface area contributed by atoms with Crippen molar-refractivity contribution >= 4 is 5.78 Å². The van der Waals surface area contributed by atoms with Gasteiger partial charge in [0.1, 0.15) is 0 Å². The second-order valence-corrected chi connectivity index (χ2v) is 9.24. The Morgan fingerprint density at radius 3 is 2.76 bits per heavy atom. The third-order valence-corrected chi connectivity index (χ3v) is 8.30. The van der Waals surface area contributed by atoms with E-state index in [-0.39, 0.29) is 23.0 Å². The molecule has 0 aliphatic heterocycles. The van der Waals surface area contributed by atoms with E-state index in [1.807, 2.05) is 13.0 Å². The Balaban J connectivity index is 1.79. The van der Waals surface area contributed by atoms with Crippen LogP contribution in [0, 0.1) is 40.9 Å². The summed E-state index contributed by atoms with van der Waals surface area (Å²) in [6, 6.07) is 0. The van der Waals surface area contributed by atoms with Crippen LogP contribution in [0.2, 0.25) is 0 Å². The van der Waals surface area contributed by atoms with Crippen LogP contribution in [-0.2, 0) is 4.79 Å². The monoisotopic (exact) mass is 340 g/mol. The number of fused-ring (bicyclic) bond motifs is 5. The fraction of sp³-hybridized carbons (Fsp3) is 0.682. The Morgan fingerprint density at radius 2 is 2.08 bits per heavy atom. The topological polar surface area (TPSA) is 57.5 Å². The lowest BCUT2D eigenvalue weighted by Gasteiger charge is -2.60. The summed E-state index contributed by atoms with van der Waals surface area (Å²) >= 11 is 0. The lowest BCUT2D eigenvalue weighted by molar-refractivity contribution is -0.153. The van der Waals surface area contributed by atoms with Gasteiger partial charge in [-0.25, -0.2) is 0 Å². The molecule has 0 bridgehead atoms. The van der Waals surface area contributed by atoms with E-state index < -0.39 is 17.1 Å². The maximum Gasteiger partial charge on any atom is 0.155 e. The molecule has 0 aromatic heterocycles. The van der Waals surface area contributed by atoms with Gasteiger partial charge in [-0.3, -0.25) is 4.79 Å². The van der Waals surface area contributed by atoms with Crippen molar-refractivity contribution in [1.82, 2.24) is 0 Å². The fourth-order valence-electron chi connectivity index (χ4n) is 6.91. The van der Waals surface area contributed by atoms with Gasteiger partial charge in [0.15, 0.2) is 11.4 Å². The van der Waals surface area contributed by atoms with E-state index in [1.54, 1.807) is 0 Å². The number of rotatable bonds is 0. The van der Waals surface area contributed by atoms with Crippen LogP contribution in [-0.4, -0.2) is 27.7 Å². The highest BCUT2D eigenvalue weighted by Gasteiger charge is 2.67. The van der Waals surface area contributed by atoms with Gasteiger partial charge >= 0.3 is 0 Å². The normalized spacial score (nSPS) is 51.9. The first-order valence-corrected chi connectivity index (χ1v) is 9.48. The van der Waals surface area contributed by atoms with Crippen molar-refractivity contribution < 1.29 is 15.0 Å². The lowest BCUT2D eigenvalue weighted by Crippen LogP contribution is -2.59. The highest BCUT2D eigenvalue weighted by Crippen LogP contribution is 2.68. The van der Waals surface area contributed by atoms with Crippen LogP contribution < -0.4 is 0 Å². The zero-order valence-electron chi connectivity index (χ0n) is 15.2. The molecule has 134 valence electrons. The Kier molecular flexibility index (Phi) is 3.47. The van der Waals surface area contributed by atoms with E-state index >= 15 is 0 Å². The van der Waals surface area contributed by atoms with E-state index in [4.69, 9.17) is 6.42 Å². The van der Waals surface area contributed by atoms with Crippen molar-refractivity contribution in [2.45, 2.75) is 64.1 Å².